The smallest absolute Gasteiger partial charge is 0.326 e. The van der Waals surface area contributed by atoms with Crippen molar-refractivity contribution in [3.8, 4) is 0 Å². The Bertz CT molecular complexity index is 646. The van der Waals surface area contributed by atoms with Crippen molar-refractivity contribution in [2.75, 3.05) is 13.1 Å². The molecule has 0 rings (SSSR count). The summed E-state index contributed by atoms with van der Waals surface area (Å²) < 4.78 is 0. The average Bonchev–Trinajstić information content (AvgIpc) is 2.69. The Morgan fingerprint density at radius 1 is 0.903 bits per heavy atom. The zero-order valence-electron chi connectivity index (χ0n) is 18.2. The first-order valence-corrected chi connectivity index (χ1v) is 10.2. The molecule has 0 aromatic heterocycles. The lowest BCUT2D eigenvalue weighted by Crippen LogP contribution is -2.55. The summed E-state index contributed by atoms with van der Waals surface area (Å²) in [5.41, 5.74) is 27.0. The number of carboxylic acids is 1. The molecule has 0 saturated heterocycles. The fourth-order valence-corrected chi connectivity index (χ4v) is 2.64. The Hall–Kier alpha value is -3.09. The van der Waals surface area contributed by atoms with Crippen LogP contribution in [0.3, 0.4) is 0 Å². The summed E-state index contributed by atoms with van der Waals surface area (Å²) in [4.78, 5) is 44.4. The molecule has 0 spiro atoms. The maximum atomic E-state index is 12.7. The summed E-state index contributed by atoms with van der Waals surface area (Å²) in [7, 11) is 0. The molecule has 0 aliphatic heterocycles. The van der Waals surface area contributed by atoms with Gasteiger partial charge in [0.2, 0.25) is 11.8 Å². The quantitative estimate of drug-likeness (QED) is 0.0756. The van der Waals surface area contributed by atoms with Crippen molar-refractivity contribution in [3.05, 3.63) is 0 Å². The molecular formula is C18H37N9O4. The minimum Gasteiger partial charge on any atom is -0.480 e. The van der Waals surface area contributed by atoms with Gasteiger partial charge in [0.15, 0.2) is 11.9 Å². The summed E-state index contributed by atoms with van der Waals surface area (Å²) in [6.07, 6.45) is 1.91. The first-order chi connectivity index (χ1) is 14.5. The van der Waals surface area contributed by atoms with Gasteiger partial charge in [-0.3, -0.25) is 19.6 Å². The maximum Gasteiger partial charge on any atom is 0.326 e. The Kier molecular flexibility index (Phi) is 13.3. The molecule has 0 unspecified atom stereocenters. The van der Waals surface area contributed by atoms with Crippen LogP contribution in [0.5, 0.6) is 0 Å². The fourth-order valence-electron chi connectivity index (χ4n) is 2.64. The van der Waals surface area contributed by atoms with E-state index in [1.165, 1.54) is 0 Å². The fraction of sp³-hybridized carbons (Fsp3) is 0.722. The second-order valence-electron chi connectivity index (χ2n) is 7.28. The molecule has 178 valence electrons. The van der Waals surface area contributed by atoms with Crippen molar-refractivity contribution in [2.24, 2.45) is 44.6 Å². The number of nitrogens with zero attached hydrogens (tertiary/aromatic N) is 2. The van der Waals surface area contributed by atoms with E-state index in [-0.39, 0.29) is 30.8 Å². The topological polar surface area (TPSA) is 250 Å². The van der Waals surface area contributed by atoms with E-state index in [1.54, 1.807) is 6.92 Å². The summed E-state index contributed by atoms with van der Waals surface area (Å²) in [5, 5.41) is 14.5. The van der Waals surface area contributed by atoms with Crippen LogP contribution in [0.4, 0.5) is 0 Å². The highest BCUT2D eigenvalue weighted by atomic mass is 16.4. The number of nitrogens with one attached hydrogen (secondary N) is 2. The number of carboxylic acid groups (broad SMARTS) is 1. The van der Waals surface area contributed by atoms with Gasteiger partial charge in [-0.15, -0.1) is 0 Å². The van der Waals surface area contributed by atoms with Crippen LogP contribution < -0.4 is 39.3 Å². The number of carbonyl (C=O) groups excluding carboxylic acids is 2. The zero-order chi connectivity index (χ0) is 24.0. The minimum atomic E-state index is -1.15. The highest BCUT2D eigenvalue weighted by Gasteiger charge is 2.30. The third kappa shape index (κ3) is 12.3. The number of hydrogen-bond acceptors (Lipinski definition) is 6. The molecule has 0 radical (unpaired) electrons. The standard InChI is InChI=1S/C18H37N9O4/c1-3-10(2)13(16(30)31)27-15(29)12(7-5-9-25-18(22)23)26-14(28)11(19)6-4-8-24-17(20)21/h10-13H,3-9,19H2,1-2H3,(H,26,28)(H,27,29)(H,30,31)(H4,20,21,24)(H4,22,23,25)/t10-,11-,12-,13-/m0/s1. The van der Waals surface area contributed by atoms with E-state index in [4.69, 9.17) is 28.7 Å². The van der Waals surface area contributed by atoms with Crippen LogP contribution >= 0.6 is 0 Å². The molecule has 13 nitrogen and oxygen atoms in total. The molecule has 0 aliphatic rings. The van der Waals surface area contributed by atoms with Gasteiger partial charge in [0.05, 0.1) is 6.04 Å². The van der Waals surface area contributed by atoms with Gasteiger partial charge in [-0.2, -0.15) is 0 Å². The summed E-state index contributed by atoms with van der Waals surface area (Å²) in [6.45, 7) is 4.11. The average molecular weight is 444 g/mol. The van der Waals surface area contributed by atoms with E-state index in [1.807, 2.05) is 6.92 Å². The molecule has 13 heteroatoms. The van der Waals surface area contributed by atoms with Gasteiger partial charge in [0.1, 0.15) is 12.1 Å². The van der Waals surface area contributed by atoms with Gasteiger partial charge >= 0.3 is 5.97 Å². The molecule has 4 atom stereocenters. The van der Waals surface area contributed by atoms with E-state index in [0.29, 0.717) is 32.2 Å². The molecule has 0 bridgehead atoms. The minimum absolute atomic E-state index is 0.0511. The molecule has 0 saturated carbocycles. The summed E-state index contributed by atoms with van der Waals surface area (Å²) in [6, 6.07) is -2.95. The normalized spacial score (nSPS) is 14.4. The lowest BCUT2D eigenvalue weighted by Gasteiger charge is -2.25. The van der Waals surface area contributed by atoms with E-state index >= 15 is 0 Å². The highest BCUT2D eigenvalue weighted by molar-refractivity contribution is 5.91. The molecule has 0 fully saturated rings. The predicted octanol–water partition coefficient (Wildman–Crippen LogP) is -2.48. The molecule has 31 heavy (non-hydrogen) atoms. The largest absolute Gasteiger partial charge is 0.480 e. The van der Waals surface area contributed by atoms with Gasteiger partial charge in [0, 0.05) is 13.1 Å². The number of hydrogen-bond donors (Lipinski definition) is 8. The molecule has 0 aromatic carbocycles. The van der Waals surface area contributed by atoms with Crippen LogP contribution in [0.2, 0.25) is 0 Å². The second kappa shape index (κ2) is 14.8. The Labute approximate surface area is 182 Å². The van der Waals surface area contributed by atoms with Crippen molar-refractivity contribution in [2.45, 2.75) is 64.1 Å². The predicted molar refractivity (Wildman–Crippen MR) is 119 cm³/mol. The lowest BCUT2D eigenvalue weighted by molar-refractivity contribution is -0.143. The number of aliphatic carboxylic acids is 1. The van der Waals surface area contributed by atoms with Gasteiger partial charge < -0.3 is 44.4 Å². The number of aliphatic imine (C=N–C) groups is 2. The Morgan fingerprint density at radius 3 is 1.87 bits per heavy atom. The Balaban J connectivity index is 5.11. The molecule has 13 N–H and O–H groups in total. The Morgan fingerprint density at radius 2 is 1.42 bits per heavy atom. The van der Waals surface area contributed by atoms with Crippen LogP contribution in [-0.4, -0.2) is 66.0 Å². The number of nitrogens with two attached hydrogens (primary N) is 5. The molecule has 0 heterocycles. The zero-order valence-corrected chi connectivity index (χ0v) is 18.2. The van der Waals surface area contributed by atoms with Crippen molar-refractivity contribution >= 4 is 29.7 Å². The van der Waals surface area contributed by atoms with Gasteiger partial charge in [-0.25, -0.2) is 4.79 Å². The van der Waals surface area contributed by atoms with Crippen LogP contribution in [0, 0.1) is 5.92 Å². The first kappa shape index (κ1) is 27.9. The molecule has 2 amide bonds. The second-order valence-corrected chi connectivity index (χ2v) is 7.28. The number of rotatable bonds is 15. The van der Waals surface area contributed by atoms with Crippen molar-refractivity contribution < 1.29 is 19.5 Å². The molecule has 0 aromatic rings. The van der Waals surface area contributed by atoms with Gasteiger partial charge in [-0.1, -0.05) is 20.3 Å². The van der Waals surface area contributed by atoms with Gasteiger partial charge in [0.25, 0.3) is 0 Å². The van der Waals surface area contributed by atoms with E-state index in [0.717, 1.165) is 0 Å². The summed E-state index contributed by atoms with van der Waals surface area (Å²) in [5.74, 6) is -2.73. The van der Waals surface area contributed by atoms with Crippen LogP contribution in [0.15, 0.2) is 9.98 Å². The van der Waals surface area contributed by atoms with Crippen LogP contribution in [0.25, 0.3) is 0 Å². The SMILES string of the molecule is CC[C@H](C)[C@H](NC(=O)[C@H](CCCN=C(N)N)NC(=O)[C@@H](N)CCCN=C(N)N)C(=O)O. The number of amides is 2. The number of guanidine groups is 2. The maximum absolute atomic E-state index is 12.7. The van der Waals surface area contributed by atoms with Crippen LogP contribution in [0.1, 0.15) is 46.0 Å². The monoisotopic (exact) mass is 443 g/mol. The molecular weight excluding hydrogens is 406 g/mol. The van der Waals surface area contributed by atoms with E-state index < -0.39 is 35.9 Å². The van der Waals surface area contributed by atoms with Crippen LogP contribution in [-0.2, 0) is 14.4 Å². The third-order valence-electron chi connectivity index (χ3n) is 4.66. The lowest BCUT2D eigenvalue weighted by atomic mass is 9.98. The highest BCUT2D eigenvalue weighted by Crippen LogP contribution is 2.09. The van der Waals surface area contributed by atoms with Crippen molar-refractivity contribution in [3.63, 3.8) is 0 Å². The third-order valence-corrected chi connectivity index (χ3v) is 4.66. The summed E-state index contributed by atoms with van der Waals surface area (Å²) >= 11 is 0. The molecule has 0 aliphatic carbocycles. The van der Waals surface area contributed by atoms with Crippen molar-refractivity contribution in [1.82, 2.24) is 10.6 Å². The first-order valence-electron chi connectivity index (χ1n) is 10.2. The van der Waals surface area contributed by atoms with Crippen molar-refractivity contribution in [1.29, 1.82) is 0 Å². The number of carbonyl (C=O) groups is 3. The van der Waals surface area contributed by atoms with Gasteiger partial charge in [-0.05, 0) is 31.6 Å². The van der Waals surface area contributed by atoms with E-state index in [2.05, 4.69) is 20.6 Å². The van der Waals surface area contributed by atoms with E-state index in [9.17, 15) is 19.5 Å².